The lowest BCUT2D eigenvalue weighted by Crippen LogP contribution is -2.21. The van der Waals surface area contributed by atoms with Crippen molar-refractivity contribution in [1.82, 2.24) is 19.7 Å². The molecule has 1 fully saturated rings. The van der Waals surface area contributed by atoms with E-state index in [0.29, 0.717) is 41.3 Å². The molecule has 0 amide bonds. The molecule has 0 spiro atoms. The van der Waals surface area contributed by atoms with Gasteiger partial charge in [-0.2, -0.15) is 18.3 Å². The van der Waals surface area contributed by atoms with Crippen LogP contribution in [0.2, 0.25) is 0 Å². The normalized spacial score (nSPS) is 17.0. The molecule has 154 valence electrons. The van der Waals surface area contributed by atoms with Gasteiger partial charge in [-0.1, -0.05) is 12.1 Å². The number of alkyl halides is 3. The summed E-state index contributed by atoms with van der Waals surface area (Å²) >= 11 is 0. The molecule has 1 N–H and O–H groups in total. The standard InChI is InChI=1S/C20H21F3N4O2/c1-11-16-18(24-17(25-19(16)28)14-7-9-29-10-8-14)27(26-11)12(2)13-3-5-15(6-4-13)20(21,22)23/h3-6,12,14H,7-10H2,1-2H3,(H,24,25,28). The van der Waals surface area contributed by atoms with Crippen LogP contribution in [0.3, 0.4) is 0 Å². The van der Waals surface area contributed by atoms with Crippen LogP contribution in [-0.4, -0.2) is 33.0 Å². The first-order valence-corrected chi connectivity index (χ1v) is 9.49. The van der Waals surface area contributed by atoms with Crippen molar-refractivity contribution in [3.63, 3.8) is 0 Å². The zero-order chi connectivity index (χ0) is 20.8. The van der Waals surface area contributed by atoms with Gasteiger partial charge in [0.25, 0.3) is 5.56 Å². The molecule has 2 aromatic heterocycles. The molecule has 0 aliphatic carbocycles. The summed E-state index contributed by atoms with van der Waals surface area (Å²) < 4.78 is 45.5. The van der Waals surface area contributed by atoms with E-state index >= 15 is 0 Å². The van der Waals surface area contributed by atoms with Gasteiger partial charge in [-0.3, -0.25) is 4.79 Å². The van der Waals surface area contributed by atoms with Crippen LogP contribution >= 0.6 is 0 Å². The second-order valence-corrected chi connectivity index (χ2v) is 7.36. The maximum absolute atomic E-state index is 12.8. The Morgan fingerprint density at radius 1 is 1.21 bits per heavy atom. The van der Waals surface area contributed by atoms with Crippen molar-refractivity contribution in [3.8, 4) is 0 Å². The molecule has 1 saturated heterocycles. The van der Waals surface area contributed by atoms with Crippen molar-refractivity contribution in [2.24, 2.45) is 0 Å². The zero-order valence-corrected chi connectivity index (χ0v) is 16.1. The summed E-state index contributed by atoms with van der Waals surface area (Å²) in [5.74, 6) is 0.706. The van der Waals surface area contributed by atoms with E-state index in [1.54, 1.807) is 11.6 Å². The highest BCUT2D eigenvalue weighted by molar-refractivity contribution is 5.77. The molecular formula is C20H21F3N4O2. The second kappa shape index (κ2) is 7.29. The molecule has 1 atom stereocenters. The Morgan fingerprint density at radius 3 is 2.48 bits per heavy atom. The number of benzene rings is 1. The van der Waals surface area contributed by atoms with Gasteiger partial charge < -0.3 is 9.72 Å². The smallest absolute Gasteiger partial charge is 0.381 e. The Morgan fingerprint density at radius 2 is 1.86 bits per heavy atom. The van der Waals surface area contributed by atoms with Crippen LogP contribution in [-0.2, 0) is 10.9 Å². The molecule has 29 heavy (non-hydrogen) atoms. The minimum atomic E-state index is -4.38. The molecule has 1 aromatic carbocycles. The fourth-order valence-corrected chi connectivity index (χ4v) is 3.76. The topological polar surface area (TPSA) is 72.8 Å². The quantitative estimate of drug-likeness (QED) is 0.715. The van der Waals surface area contributed by atoms with Crippen molar-refractivity contribution >= 4 is 11.0 Å². The lowest BCUT2D eigenvalue weighted by molar-refractivity contribution is -0.137. The Kier molecular flexibility index (Phi) is 4.94. The van der Waals surface area contributed by atoms with E-state index in [9.17, 15) is 18.0 Å². The monoisotopic (exact) mass is 406 g/mol. The Labute approximate surface area is 164 Å². The zero-order valence-electron chi connectivity index (χ0n) is 16.1. The third-order valence-corrected chi connectivity index (χ3v) is 5.45. The van der Waals surface area contributed by atoms with Crippen LogP contribution in [0.25, 0.3) is 11.0 Å². The Hall–Kier alpha value is -2.68. The second-order valence-electron chi connectivity index (χ2n) is 7.36. The van der Waals surface area contributed by atoms with E-state index < -0.39 is 11.7 Å². The summed E-state index contributed by atoms with van der Waals surface area (Å²) in [5.41, 5.74) is 0.675. The van der Waals surface area contributed by atoms with Crippen molar-refractivity contribution in [2.45, 2.75) is 44.8 Å². The predicted octanol–water partition coefficient (Wildman–Crippen LogP) is 3.95. The summed E-state index contributed by atoms with van der Waals surface area (Å²) in [5, 5.41) is 4.87. The largest absolute Gasteiger partial charge is 0.416 e. The van der Waals surface area contributed by atoms with Crippen LogP contribution in [0.5, 0.6) is 0 Å². The van der Waals surface area contributed by atoms with Gasteiger partial charge in [0.1, 0.15) is 11.2 Å². The van der Waals surface area contributed by atoms with Gasteiger partial charge in [-0.05, 0) is 44.4 Å². The highest BCUT2D eigenvalue weighted by atomic mass is 19.4. The first-order chi connectivity index (χ1) is 13.8. The first kappa shape index (κ1) is 19.6. The van der Waals surface area contributed by atoms with E-state index in [2.05, 4.69) is 10.1 Å². The number of fused-ring (bicyclic) bond motifs is 1. The highest BCUT2D eigenvalue weighted by Gasteiger charge is 2.30. The number of halogens is 3. The summed E-state index contributed by atoms with van der Waals surface area (Å²) in [6, 6.07) is 4.59. The fourth-order valence-electron chi connectivity index (χ4n) is 3.76. The van der Waals surface area contributed by atoms with Gasteiger partial charge in [0.15, 0.2) is 5.65 Å². The minimum Gasteiger partial charge on any atom is -0.381 e. The van der Waals surface area contributed by atoms with E-state index in [4.69, 9.17) is 9.72 Å². The molecule has 0 radical (unpaired) electrons. The molecule has 9 heteroatoms. The Balaban J connectivity index is 1.76. The lowest BCUT2D eigenvalue weighted by Gasteiger charge is -2.21. The molecule has 1 aliphatic heterocycles. The van der Waals surface area contributed by atoms with Gasteiger partial charge in [0.2, 0.25) is 0 Å². The van der Waals surface area contributed by atoms with Crippen LogP contribution in [0.4, 0.5) is 13.2 Å². The first-order valence-electron chi connectivity index (χ1n) is 9.49. The number of nitrogens with one attached hydrogen (secondary N) is 1. The molecule has 6 nitrogen and oxygen atoms in total. The van der Waals surface area contributed by atoms with Gasteiger partial charge in [-0.15, -0.1) is 0 Å². The average Bonchev–Trinajstić information content (AvgIpc) is 3.04. The van der Waals surface area contributed by atoms with Crippen LogP contribution < -0.4 is 5.56 Å². The molecule has 1 aliphatic rings. The molecule has 3 aromatic rings. The third-order valence-electron chi connectivity index (χ3n) is 5.45. The number of hydrogen-bond donors (Lipinski definition) is 1. The number of H-pyrrole nitrogens is 1. The third kappa shape index (κ3) is 3.66. The van der Waals surface area contributed by atoms with Crippen molar-refractivity contribution in [3.05, 3.63) is 57.3 Å². The Bertz CT molecular complexity index is 1080. The van der Waals surface area contributed by atoms with Crippen LogP contribution in [0, 0.1) is 6.92 Å². The number of nitrogens with zero attached hydrogens (tertiary/aromatic N) is 3. The van der Waals surface area contributed by atoms with E-state index in [0.717, 1.165) is 25.0 Å². The fraction of sp³-hybridized carbons (Fsp3) is 0.450. The number of ether oxygens (including phenoxy) is 1. The summed E-state index contributed by atoms with van der Waals surface area (Å²) in [4.78, 5) is 20.3. The average molecular weight is 406 g/mol. The number of aromatic amines is 1. The molecule has 0 bridgehead atoms. The van der Waals surface area contributed by atoms with Gasteiger partial charge in [-0.25, -0.2) is 9.67 Å². The summed E-state index contributed by atoms with van der Waals surface area (Å²) in [7, 11) is 0. The SMILES string of the molecule is Cc1nn(C(C)c2ccc(C(F)(F)F)cc2)c2nc(C3CCOCC3)[nH]c(=O)c12. The minimum absolute atomic E-state index is 0.103. The number of aromatic nitrogens is 4. The number of rotatable bonds is 3. The molecule has 3 heterocycles. The maximum atomic E-state index is 12.8. The van der Waals surface area contributed by atoms with Crippen LogP contribution in [0.1, 0.15) is 54.4 Å². The maximum Gasteiger partial charge on any atom is 0.416 e. The van der Waals surface area contributed by atoms with Crippen molar-refractivity contribution in [1.29, 1.82) is 0 Å². The number of aryl methyl sites for hydroxylation is 1. The molecule has 0 saturated carbocycles. The number of hydrogen-bond acceptors (Lipinski definition) is 4. The van der Waals surface area contributed by atoms with Crippen molar-refractivity contribution < 1.29 is 17.9 Å². The van der Waals surface area contributed by atoms with E-state index in [-0.39, 0.29) is 17.5 Å². The van der Waals surface area contributed by atoms with Crippen LogP contribution in [0.15, 0.2) is 29.1 Å². The van der Waals surface area contributed by atoms with Gasteiger partial charge >= 0.3 is 6.18 Å². The molecule has 1 unspecified atom stereocenters. The lowest BCUT2D eigenvalue weighted by atomic mass is 9.99. The van der Waals surface area contributed by atoms with Crippen molar-refractivity contribution in [2.75, 3.05) is 13.2 Å². The molecule has 4 rings (SSSR count). The van der Waals surface area contributed by atoms with E-state index in [1.807, 2.05) is 6.92 Å². The predicted molar refractivity (Wildman–Crippen MR) is 101 cm³/mol. The highest BCUT2D eigenvalue weighted by Crippen LogP contribution is 2.31. The van der Waals surface area contributed by atoms with Gasteiger partial charge in [0.05, 0.1) is 17.3 Å². The van der Waals surface area contributed by atoms with Gasteiger partial charge in [0, 0.05) is 19.1 Å². The summed E-state index contributed by atoms with van der Waals surface area (Å²) in [6.07, 6.45) is -2.84. The van der Waals surface area contributed by atoms with E-state index in [1.165, 1.54) is 12.1 Å². The summed E-state index contributed by atoms with van der Waals surface area (Å²) in [6.45, 7) is 4.79. The molecular weight excluding hydrogens is 385 g/mol.